The molecule has 1 atom stereocenters. The van der Waals surface area contributed by atoms with E-state index in [2.05, 4.69) is 0 Å². The maximum Gasteiger partial charge on any atom is 0.122 e. The smallest absolute Gasteiger partial charge is 0.122 e. The van der Waals surface area contributed by atoms with Crippen molar-refractivity contribution in [1.82, 2.24) is 0 Å². The van der Waals surface area contributed by atoms with Gasteiger partial charge in [-0.2, -0.15) is 11.8 Å². The lowest BCUT2D eigenvalue weighted by atomic mass is 10.2. The maximum atomic E-state index is 8.92. The molecule has 1 N–H and O–H groups in total. The van der Waals surface area contributed by atoms with Gasteiger partial charge in [0.15, 0.2) is 0 Å². The minimum Gasteiger partial charge on any atom is -0.496 e. The van der Waals surface area contributed by atoms with Crippen LogP contribution in [0.15, 0.2) is 18.2 Å². The number of hydrogen-bond donors (Lipinski definition) is 1. The molecule has 0 spiro atoms. The zero-order valence-electron chi connectivity index (χ0n) is 9.57. The molecule has 1 aromatic carbocycles. The number of benzene rings is 1. The Morgan fingerprint density at radius 3 is 2.88 bits per heavy atom. The predicted octanol–water partition coefficient (Wildman–Crippen LogP) is 3.21. The second kappa shape index (κ2) is 7.05. The van der Waals surface area contributed by atoms with Gasteiger partial charge in [0, 0.05) is 22.9 Å². The lowest BCUT2D eigenvalue weighted by Gasteiger charge is -2.10. The first-order valence-corrected chi connectivity index (χ1v) is 6.71. The number of methoxy groups -OCH3 is 1. The van der Waals surface area contributed by atoms with E-state index in [-0.39, 0.29) is 6.61 Å². The van der Waals surface area contributed by atoms with Crippen molar-refractivity contribution in [2.24, 2.45) is 5.92 Å². The number of hydrogen-bond acceptors (Lipinski definition) is 3. The zero-order valence-corrected chi connectivity index (χ0v) is 11.1. The van der Waals surface area contributed by atoms with Crippen LogP contribution in [-0.4, -0.2) is 24.6 Å². The van der Waals surface area contributed by atoms with E-state index in [1.54, 1.807) is 18.9 Å². The standard InChI is InChI=1S/C12H17ClO2S/c1-9(6-14)7-16-8-10-5-11(13)3-4-12(10)15-2/h3-5,9,14H,6-8H2,1-2H3. The van der Waals surface area contributed by atoms with Crippen LogP contribution in [0.5, 0.6) is 5.75 Å². The van der Waals surface area contributed by atoms with E-state index < -0.39 is 0 Å². The van der Waals surface area contributed by atoms with Crippen LogP contribution >= 0.6 is 23.4 Å². The highest BCUT2D eigenvalue weighted by atomic mass is 35.5. The highest BCUT2D eigenvalue weighted by molar-refractivity contribution is 7.98. The molecule has 0 radical (unpaired) electrons. The normalized spacial score (nSPS) is 12.5. The monoisotopic (exact) mass is 260 g/mol. The fourth-order valence-corrected chi connectivity index (χ4v) is 2.55. The van der Waals surface area contributed by atoms with Crippen LogP contribution in [0.3, 0.4) is 0 Å². The molecule has 2 nitrogen and oxygen atoms in total. The Morgan fingerprint density at radius 2 is 2.25 bits per heavy atom. The molecular weight excluding hydrogens is 244 g/mol. The van der Waals surface area contributed by atoms with E-state index in [0.29, 0.717) is 5.92 Å². The van der Waals surface area contributed by atoms with E-state index in [4.69, 9.17) is 21.4 Å². The van der Waals surface area contributed by atoms with Gasteiger partial charge in [-0.1, -0.05) is 18.5 Å². The van der Waals surface area contributed by atoms with Crippen LogP contribution in [0, 0.1) is 5.92 Å². The molecule has 4 heteroatoms. The van der Waals surface area contributed by atoms with Gasteiger partial charge in [-0.25, -0.2) is 0 Å². The fourth-order valence-electron chi connectivity index (χ4n) is 1.28. The summed E-state index contributed by atoms with van der Waals surface area (Å²) < 4.78 is 5.26. The average Bonchev–Trinajstić information content (AvgIpc) is 2.29. The Bertz CT molecular complexity index is 331. The van der Waals surface area contributed by atoms with E-state index >= 15 is 0 Å². The second-order valence-corrected chi connectivity index (χ2v) is 5.23. The molecule has 0 amide bonds. The summed E-state index contributed by atoms with van der Waals surface area (Å²) in [5, 5.41) is 9.65. The van der Waals surface area contributed by atoms with Gasteiger partial charge in [0.25, 0.3) is 0 Å². The molecular formula is C12H17ClO2S. The predicted molar refractivity (Wildman–Crippen MR) is 70.4 cm³/mol. The third kappa shape index (κ3) is 4.24. The van der Waals surface area contributed by atoms with Crippen molar-refractivity contribution in [2.75, 3.05) is 19.5 Å². The topological polar surface area (TPSA) is 29.5 Å². The van der Waals surface area contributed by atoms with Crippen LogP contribution in [-0.2, 0) is 5.75 Å². The van der Waals surface area contributed by atoms with Gasteiger partial charge >= 0.3 is 0 Å². The molecule has 0 saturated carbocycles. The highest BCUT2D eigenvalue weighted by Crippen LogP contribution is 2.27. The number of halogens is 1. The number of rotatable bonds is 6. The molecule has 0 aliphatic carbocycles. The molecule has 1 rings (SSSR count). The summed E-state index contributed by atoms with van der Waals surface area (Å²) in [7, 11) is 1.66. The summed E-state index contributed by atoms with van der Waals surface area (Å²) in [5.74, 6) is 2.99. The molecule has 1 unspecified atom stereocenters. The van der Waals surface area contributed by atoms with Gasteiger partial charge in [0.2, 0.25) is 0 Å². The molecule has 90 valence electrons. The molecule has 0 aliphatic rings. The molecule has 0 aliphatic heterocycles. The van der Waals surface area contributed by atoms with Crippen LogP contribution in [0.1, 0.15) is 12.5 Å². The van der Waals surface area contributed by atoms with Gasteiger partial charge in [0.05, 0.1) is 7.11 Å². The summed E-state index contributed by atoms with van der Waals surface area (Å²) in [6.45, 7) is 2.27. The first-order chi connectivity index (χ1) is 7.67. The van der Waals surface area contributed by atoms with Gasteiger partial charge in [-0.05, 0) is 29.9 Å². The first-order valence-electron chi connectivity index (χ1n) is 5.18. The summed E-state index contributed by atoms with van der Waals surface area (Å²) >= 11 is 7.72. The SMILES string of the molecule is COc1ccc(Cl)cc1CSCC(C)CO. The Morgan fingerprint density at radius 1 is 1.50 bits per heavy atom. The van der Waals surface area contributed by atoms with E-state index in [0.717, 1.165) is 27.8 Å². The Hall–Kier alpha value is -0.380. The lowest BCUT2D eigenvalue weighted by molar-refractivity contribution is 0.250. The largest absolute Gasteiger partial charge is 0.496 e. The second-order valence-electron chi connectivity index (χ2n) is 3.76. The molecule has 16 heavy (non-hydrogen) atoms. The number of aliphatic hydroxyl groups excluding tert-OH is 1. The third-order valence-electron chi connectivity index (χ3n) is 2.21. The van der Waals surface area contributed by atoms with Crippen molar-refractivity contribution in [3.8, 4) is 5.75 Å². The first kappa shape index (κ1) is 13.7. The summed E-state index contributed by atoms with van der Waals surface area (Å²) in [4.78, 5) is 0. The Balaban J connectivity index is 2.55. The van der Waals surface area contributed by atoms with Crippen LogP contribution in [0.2, 0.25) is 5.02 Å². The number of ether oxygens (including phenoxy) is 1. The minimum absolute atomic E-state index is 0.236. The van der Waals surface area contributed by atoms with Crippen molar-refractivity contribution in [1.29, 1.82) is 0 Å². The van der Waals surface area contributed by atoms with Crippen molar-refractivity contribution in [3.63, 3.8) is 0 Å². The van der Waals surface area contributed by atoms with Crippen molar-refractivity contribution in [2.45, 2.75) is 12.7 Å². The van der Waals surface area contributed by atoms with Gasteiger partial charge in [-0.3, -0.25) is 0 Å². The lowest BCUT2D eigenvalue weighted by Crippen LogP contribution is -2.03. The van der Waals surface area contributed by atoms with Crippen LogP contribution < -0.4 is 4.74 Å². The van der Waals surface area contributed by atoms with Crippen molar-refractivity contribution in [3.05, 3.63) is 28.8 Å². The van der Waals surface area contributed by atoms with E-state index in [1.807, 2.05) is 25.1 Å². The number of aliphatic hydroxyl groups is 1. The molecule has 1 aromatic rings. The quantitative estimate of drug-likeness (QED) is 0.852. The van der Waals surface area contributed by atoms with Gasteiger partial charge in [0.1, 0.15) is 5.75 Å². The van der Waals surface area contributed by atoms with Crippen LogP contribution in [0.4, 0.5) is 0 Å². The summed E-state index contributed by atoms with van der Waals surface area (Å²) in [5.41, 5.74) is 1.10. The molecule has 0 fully saturated rings. The Labute approximate surface area is 106 Å². The third-order valence-corrected chi connectivity index (χ3v) is 3.77. The van der Waals surface area contributed by atoms with E-state index in [1.165, 1.54) is 0 Å². The highest BCUT2D eigenvalue weighted by Gasteiger charge is 2.05. The van der Waals surface area contributed by atoms with Gasteiger partial charge < -0.3 is 9.84 Å². The Kier molecular flexibility index (Phi) is 6.03. The number of thioether (sulfide) groups is 1. The van der Waals surface area contributed by atoms with Crippen molar-refractivity contribution < 1.29 is 9.84 Å². The molecule has 0 saturated heterocycles. The van der Waals surface area contributed by atoms with Crippen molar-refractivity contribution >= 4 is 23.4 Å². The molecule has 0 aromatic heterocycles. The maximum absolute atomic E-state index is 8.92. The zero-order chi connectivity index (χ0) is 12.0. The average molecular weight is 261 g/mol. The summed E-state index contributed by atoms with van der Waals surface area (Å²) in [6.07, 6.45) is 0. The van der Waals surface area contributed by atoms with E-state index in [9.17, 15) is 0 Å². The molecule has 0 bridgehead atoms. The van der Waals surface area contributed by atoms with Gasteiger partial charge in [-0.15, -0.1) is 0 Å². The fraction of sp³-hybridized carbons (Fsp3) is 0.500. The molecule has 0 heterocycles. The van der Waals surface area contributed by atoms with Crippen LogP contribution in [0.25, 0.3) is 0 Å². The summed E-state index contributed by atoms with van der Waals surface area (Å²) in [6, 6.07) is 5.63. The minimum atomic E-state index is 0.236.